The van der Waals surface area contributed by atoms with Gasteiger partial charge in [0.1, 0.15) is 128 Å². The highest BCUT2D eigenvalue weighted by molar-refractivity contribution is 5.78. The Hall–Kier alpha value is -5.17. The number of ether oxygens (including phenoxy) is 13. The van der Waals surface area contributed by atoms with Gasteiger partial charge in [-0.05, 0) is 12.8 Å². The molecule has 4 amide bonds. The quantitative estimate of drug-likeness (QED) is 0.0116. The smallest absolute Gasteiger partial charge is 0.364 e. The number of allylic oxidation sites excluding steroid dienone is 1. The van der Waals surface area contributed by atoms with Gasteiger partial charge in [0.2, 0.25) is 24.1 Å². The number of nitrogens with one attached hydrogen (secondary N) is 4. The zero-order chi connectivity index (χ0) is 83.9. The SMILES string of the molecule is CCCCCCCCCCCCC/C=C/[C@@H](O)[C@H](CO[C@@H]1O[C@H](CO)[C@@H](O[C@@H]2O[C@H](CO)[C@H](O[C@@H]3O[C@H](CO)[C@H](O)[C@H](O[C@@H]4O[C@H](CO)[C@H](O)[C@H](O[C@]5(C(=O)O)C[C@H](O)[C@@H](NC(C)=O)[C@H]([C@H](OC(C)=O)[C@H](O)CO)O5)[C@H]4O)[C@H]3NC(C)=O)[C@H](O[C@]3(C(=O)O)C[C@H](O)[C@@H](NC(C)=O)[C@H]([C@H](O)[C@H](O)CO)O3)[C@H]2O)[C@H](O)[C@H]1O)NC=O. The Kier molecular flexibility index (Phi) is 39.1. The van der Waals surface area contributed by atoms with Crippen LogP contribution in [0.1, 0.15) is 125 Å². The van der Waals surface area contributed by atoms with Crippen LogP contribution in [0.15, 0.2) is 12.2 Å². The first-order valence-electron chi connectivity index (χ1n) is 37.6. The van der Waals surface area contributed by atoms with E-state index in [-0.39, 0.29) is 6.41 Å². The van der Waals surface area contributed by atoms with Gasteiger partial charge in [0.05, 0.1) is 82.7 Å². The molecule has 6 heterocycles. The number of aliphatic hydroxyl groups is 18. The zero-order valence-electron chi connectivity index (χ0n) is 63.2. The molecule has 652 valence electrons. The Morgan fingerprint density at radius 1 is 0.487 bits per heavy atom. The van der Waals surface area contributed by atoms with Crippen molar-refractivity contribution in [1.29, 1.82) is 0 Å². The summed E-state index contributed by atoms with van der Waals surface area (Å²) in [7, 11) is 0. The fraction of sp³-hybridized carbons (Fsp3) is 0.870. The molecule has 34 atom stereocenters. The van der Waals surface area contributed by atoms with Crippen molar-refractivity contribution in [2.75, 3.05) is 46.2 Å². The summed E-state index contributed by atoms with van der Waals surface area (Å²) in [6, 6.07) is -6.99. The molecule has 0 aromatic heterocycles. The van der Waals surface area contributed by atoms with E-state index in [0.29, 0.717) is 6.42 Å². The first-order valence-corrected chi connectivity index (χ1v) is 37.6. The molecule has 0 aromatic carbocycles. The molecule has 0 bridgehead atoms. The van der Waals surface area contributed by atoms with Crippen molar-refractivity contribution in [1.82, 2.24) is 21.3 Å². The first kappa shape index (κ1) is 96.7. The molecule has 6 rings (SSSR count). The molecule has 6 aliphatic rings. The highest BCUT2D eigenvalue weighted by atomic mass is 16.8. The summed E-state index contributed by atoms with van der Waals surface area (Å²) in [4.78, 5) is 89.9. The summed E-state index contributed by atoms with van der Waals surface area (Å²) in [6.07, 6.45) is -49.0. The number of esters is 1. The third kappa shape index (κ3) is 25.2. The number of carboxylic acid groups (broad SMARTS) is 2. The fourth-order valence-electron chi connectivity index (χ4n) is 14.4. The van der Waals surface area contributed by atoms with Crippen LogP contribution in [0.2, 0.25) is 0 Å². The lowest BCUT2D eigenvalue weighted by atomic mass is 9.88. The Morgan fingerprint density at radius 3 is 1.42 bits per heavy atom. The van der Waals surface area contributed by atoms with Crippen LogP contribution in [0.4, 0.5) is 0 Å². The standard InChI is InChI=1S/C69H116N4O40/c1-6-7-8-9-10-11-12-13-14-15-16-17-18-19-35(85)34(70-29-80)28-101-63-51(94)50(93)55(42(26-78)105-63)107-65-53(96)61(113-68(66(97)98)20-36(86)44(71-30(2)81)58(110-68)47(90)38(88)22-74)56(43(27-79)106-65)108-62-46(73-32(4)83)57(48(91)40(24-76)103-62)109-64-52(95)60(49(92)41(25-77)104-64)112-69(67(99)100)21-37(87)45(72-31(3)82)59(111-69)54(39(89)23-75)102-33(5)84/h18-19,29,34-65,74-79,85-96H,6-17,20-28H2,1-5H3,(H,70,80)(H,71,81)(H,72,82)(H,73,83)(H,97,98)(H,99,100)/b19-18+/t34-,35+,36-,37-,38+,39+,40+,41+,42+,43+,44+,45+,46+,47+,48-,49-,50+,51+,52+,53+,54+,55+,56-,57+,58+,59+,60-,61+,62-,63+,64-,65-,68-,69-/m0/s1. The van der Waals surface area contributed by atoms with Crippen LogP contribution >= 0.6 is 0 Å². The molecule has 6 saturated heterocycles. The van der Waals surface area contributed by atoms with Crippen LogP contribution in [-0.2, 0) is 95.1 Å². The lowest BCUT2D eigenvalue weighted by Crippen LogP contribution is -2.72. The van der Waals surface area contributed by atoms with Gasteiger partial charge in [0, 0.05) is 40.5 Å². The van der Waals surface area contributed by atoms with Crippen molar-refractivity contribution in [3.63, 3.8) is 0 Å². The number of rotatable bonds is 45. The molecule has 24 N–H and O–H groups in total. The predicted molar refractivity (Wildman–Crippen MR) is 371 cm³/mol. The van der Waals surface area contributed by atoms with Crippen molar-refractivity contribution in [3.05, 3.63) is 12.2 Å². The molecule has 44 heteroatoms. The average Bonchev–Trinajstić information content (AvgIpc) is 0.751. The van der Waals surface area contributed by atoms with E-state index in [2.05, 4.69) is 28.2 Å². The number of carbonyl (C=O) groups is 7. The fourth-order valence-corrected chi connectivity index (χ4v) is 14.4. The van der Waals surface area contributed by atoms with Gasteiger partial charge in [0.15, 0.2) is 31.3 Å². The lowest BCUT2D eigenvalue weighted by molar-refractivity contribution is -0.405. The maximum Gasteiger partial charge on any atom is 0.364 e. The number of amides is 4. The first-order chi connectivity index (χ1) is 53.6. The molecule has 44 nitrogen and oxygen atoms in total. The zero-order valence-corrected chi connectivity index (χ0v) is 63.2. The molecule has 6 aliphatic heterocycles. The number of aliphatic carboxylic acids is 2. The number of hydrogen-bond acceptors (Lipinski definition) is 38. The van der Waals surface area contributed by atoms with E-state index in [4.69, 9.17) is 61.6 Å². The molecule has 0 spiro atoms. The second-order valence-electron chi connectivity index (χ2n) is 28.8. The van der Waals surface area contributed by atoms with E-state index in [9.17, 15) is 136 Å². The minimum atomic E-state index is -3.50. The molecule has 0 unspecified atom stereocenters. The van der Waals surface area contributed by atoms with Crippen molar-refractivity contribution in [2.45, 2.75) is 332 Å². The van der Waals surface area contributed by atoms with Crippen LogP contribution in [0.5, 0.6) is 0 Å². The Bertz CT molecular complexity index is 2970. The van der Waals surface area contributed by atoms with Gasteiger partial charge in [-0.2, -0.15) is 0 Å². The second kappa shape index (κ2) is 45.7. The number of aliphatic hydroxyl groups excluding tert-OH is 18. The summed E-state index contributed by atoms with van der Waals surface area (Å²) in [5.74, 6) is -15.4. The highest BCUT2D eigenvalue weighted by Crippen LogP contribution is 2.43. The lowest BCUT2D eigenvalue weighted by Gasteiger charge is -2.53. The maximum atomic E-state index is 13.9. The van der Waals surface area contributed by atoms with Gasteiger partial charge in [-0.1, -0.05) is 83.3 Å². The molecule has 6 fully saturated rings. The predicted octanol–water partition coefficient (Wildman–Crippen LogP) is -9.93. The van der Waals surface area contributed by atoms with Crippen LogP contribution < -0.4 is 21.3 Å². The van der Waals surface area contributed by atoms with Gasteiger partial charge < -0.3 is 185 Å². The van der Waals surface area contributed by atoms with Gasteiger partial charge in [0.25, 0.3) is 11.6 Å². The third-order valence-corrected chi connectivity index (χ3v) is 20.3. The molecule has 113 heavy (non-hydrogen) atoms. The Labute approximate surface area is 649 Å². The van der Waals surface area contributed by atoms with Crippen LogP contribution in [0.3, 0.4) is 0 Å². The van der Waals surface area contributed by atoms with E-state index < -0.39 is 302 Å². The maximum absolute atomic E-state index is 13.9. The molecule has 0 radical (unpaired) electrons. The summed E-state index contributed by atoms with van der Waals surface area (Å²) in [5, 5.41) is 234. The minimum absolute atomic E-state index is 0.271. The summed E-state index contributed by atoms with van der Waals surface area (Å²) in [6.45, 7) is -2.37. The molecule has 0 aromatic rings. The van der Waals surface area contributed by atoms with Crippen molar-refractivity contribution in [3.8, 4) is 0 Å². The largest absolute Gasteiger partial charge is 0.477 e. The van der Waals surface area contributed by atoms with Crippen LogP contribution in [0.25, 0.3) is 0 Å². The van der Waals surface area contributed by atoms with Gasteiger partial charge in [-0.3, -0.25) is 24.0 Å². The summed E-state index contributed by atoms with van der Waals surface area (Å²) in [5.41, 5.74) is 0. The van der Waals surface area contributed by atoms with Crippen LogP contribution in [0, 0.1) is 0 Å². The number of carboxylic acids is 2. The number of carbonyl (C=O) groups excluding carboxylic acids is 5. The van der Waals surface area contributed by atoms with Gasteiger partial charge in [-0.25, -0.2) is 9.59 Å². The second-order valence-corrected chi connectivity index (χ2v) is 28.8. The number of hydrogen-bond donors (Lipinski definition) is 24. The average molecular weight is 1640 g/mol. The van der Waals surface area contributed by atoms with E-state index in [1.807, 2.05) is 0 Å². The van der Waals surface area contributed by atoms with Gasteiger partial charge in [-0.15, -0.1) is 0 Å². The monoisotopic (exact) mass is 1640 g/mol. The molecule has 0 aliphatic carbocycles. The molecule has 0 saturated carbocycles. The van der Waals surface area contributed by atoms with Gasteiger partial charge >= 0.3 is 17.9 Å². The topological polar surface area (TPSA) is 692 Å². The van der Waals surface area contributed by atoms with E-state index >= 15 is 0 Å². The van der Waals surface area contributed by atoms with Crippen molar-refractivity contribution in [2.24, 2.45) is 0 Å². The normalized spacial score (nSPS) is 37.9. The Morgan fingerprint density at radius 2 is 0.920 bits per heavy atom. The van der Waals surface area contributed by atoms with E-state index in [0.717, 1.165) is 59.8 Å². The highest BCUT2D eigenvalue weighted by Gasteiger charge is 2.64. The van der Waals surface area contributed by atoms with Crippen molar-refractivity contribution < 1.29 is 197 Å². The summed E-state index contributed by atoms with van der Waals surface area (Å²) < 4.78 is 76.8. The summed E-state index contributed by atoms with van der Waals surface area (Å²) >= 11 is 0. The van der Waals surface area contributed by atoms with E-state index in [1.165, 1.54) is 44.6 Å². The van der Waals surface area contributed by atoms with Crippen molar-refractivity contribution >= 4 is 42.0 Å². The number of unbranched alkanes of at least 4 members (excludes halogenated alkanes) is 11. The molecular formula is C69H116N4O40. The van der Waals surface area contributed by atoms with Crippen LogP contribution in [-0.4, -0.2) is 398 Å². The molecular weight excluding hydrogens is 1520 g/mol. The minimum Gasteiger partial charge on any atom is -0.477 e. The van der Waals surface area contributed by atoms with E-state index in [1.54, 1.807) is 6.08 Å². The third-order valence-electron chi connectivity index (χ3n) is 20.3. The Balaban J connectivity index is 1.34.